The molecule has 2 aromatic rings. The number of para-hydroxylation sites is 1. The smallest absolute Gasteiger partial charge is 0.249 e. The van der Waals surface area contributed by atoms with Crippen molar-refractivity contribution < 1.29 is 9.53 Å². The molecule has 1 saturated heterocycles. The highest BCUT2D eigenvalue weighted by molar-refractivity contribution is 5.80. The highest BCUT2D eigenvalue weighted by atomic mass is 16.5. The molecule has 22 heavy (non-hydrogen) atoms. The summed E-state index contributed by atoms with van der Waals surface area (Å²) in [6.45, 7) is 0.858. The predicted molar refractivity (Wildman–Crippen MR) is 82.4 cm³/mol. The predicted octanol–water partition coefficient (Wildman–Crippen LogP) is 0.995. The fourth-order valence-corrected chi connectivity index (χ4v) is 2.54. The molecule has 116 valence electrons. The molecule has 2 heterocycles. The van der Waals surface area contributed by atoms with E-state index in [0.717, 1.165) is 24.2 Å². The lowest BCUT2D eigenvalue weighted by Gasteiger charge is -2.11. The summed E-state index contributed by atoms with van der Waals surface area (Å²) in [6, 6.07) is 11.7. The van der Waals surface area contributed by atoms with Crippen molar-refractivity contribution in [2.45, 2.75) is 31.6 Å². The maximum absolute atomic E-state index is 12.0. The molecule has 0 spiro atoms. The van der Waals surface area contributed by atoms with E-state index in [0.29, 0.717) is 13.1 Å². The number of hydrogen-bond donors (Lipinski definition) is 2. The molecule has 0 bridgehead atoms. The average molecular weight is 300 g/mol. The molecule has 6 nitrogen and oxygen atoms in total. The van der Waals surface area contributed by atoms with Gasteiger partial charge in [0.1, 0.15) is 6.10 Å². The summed E-state index contributed by atoms with van der Waals surface area (Å²) >= 11 is 0. The summed E-state index contributed by atoms with van der Waals surface area (Å²) in [5, 5.41) is 7.32. The van der Waals surface area contributed by atoms with Crippen molar-refractivity contribution in [3.05, 3.63) is 48.3 Å². The van der Waals surface area contributed by atoms with Crippen molar-refractivity contribution in [3.8, 4) is 5.69 Å². The van der Waals surface area contributed by atoms with Gasteiger partial charge in [-0.15, -0.1) is 0 Å². The molecule has 1 fully saturated rings. The number of benzene rings is 1. The van der Waals surface area contributed by atoms with E-state index < -0.39 is 0 Å². The molecule has 0 radical (unpaired) electrons. The maximum atomic E-state index is 12.0. The number of nitrogens with two attached hydrogens (primary N) is 1. The Bertz CT molecular complexity index is 626. The quantitative estimate of drug-likeness (QED) is 0.863. The van der Waals surface area contributed by atoms with Crippen molar-refractivity contribution in [3.63, 3.8) is 0 Å². The highest BCUT2D eigenvalue weighted by Gasteiger charge is 2.29. The van der Waals surface area contributed by atoms with Gasteiger partial charge in [0.15, 0.2) is 0 Å². The molecule has 6 heteroatoms. The van der Waals surface area contributed by atoms with Crippen LogP contribution in [0.25, 0.3) is 5.69 Å². The van der Waals surface area contributed by atoms with Crippen LogP contribution >= 0.6 is 0 Å². The number of amides is 1. The van der Waals surface area contributed by atoms with E-state index in [1.165, 1.54) is 0 Å². The summed E-state index contributed by atoms with van der Waals surface area (Å²) in [5.74, 6) is -0.0924. The molecule has 0 saturated carbocycles. The zero-order valence-corrected chi connectivity index (χ0v) is 12.3. The number of carbonyl (C=O) groups is 1. The lowest BCUT2D eigenvalue weighted by molar-refractivity contribution is -0.132. The number of nitrogens with zero attached hydrogens (tertiary/aromatic N) is 2. The minimum Gasteiger partial charge on any atom is -0.364 e. The lowest BCUT2D eigenvalue weighted by atomic mass is 10.2. The monoisotopic (exact) mass is 300 g/mol. The van der Waals surface area contributed by atoms with Crippen LogP contribution in [0.15, 0.2) is 42.6 Å². The molecular formula is C16H20N4O2. The summed E-state index contributed by atoms with van der Waals surface area (Å²) in [7, 11) is 0. The third-order valence-corrected chi connectivity index (χ3v) is 3.77. The molecule has 1 aliphatic rings. The number of carbonyl (C=O) groups excluding carboxylic acids is 1. The molecule has 1 aromatic carbocycles. The zero-order chi connectivity index (χ0) is 15.4. The molecule has 1 amide bonds. The SMILES string of the molecule is NC[C@H]1CC[C@@H](C(=O)NCc2ccn(-c3ccccc3)n2)O1. The van der Waals surface area contributed by atoms with Gasteiger partial charge in [0.2, 0.25) is 5.91 Å². The zero-order valence-electron chi connectivity index (χ0n) is 12.3. The summed E-state index contributed by atoms with van der Waals surface area (Å²) in [6.07, 6.45) is 3.08. The van der Waals surface area contributed by atoms with E-state index in [-0.39, 0.29) is 18.1 Å². The van der Waals surface area contributed by atoms with Crippen molar-refractivity contribution in [2.24, 2.45) is 5.73 Å². The largest absolute Gasteiger partial charge is 0.364 e. The van der Waals surface area contributed by atoms with Crippen LogP contribution in [0.2, 0.25) is 0 Å². The van der Waals surface area contributed by atoms with E-state index in [2.05, 4.69) is 10.4 Å². The minimum absolute atomic E-state index is 0.00744. The molecule has 1 aliphatic heterocycles. The Morgan fingerprint density at radius 3 is 2.86 bits per heavy atom. The van der Waals surface area contributed by atoms with Crippen LogP contribution in [-0.2, 0) is 16.1 Å². The second kappa shape index (κ2) is 6.72. The number of ether oxygens (including phenoxy) is 1. The normalized spacial score (nSPS) is 21.0. The summed E-state index contributed by atoms with van der Waals surface area (Å²) in [4.78, 5) is 12.0. The van der Waals surface area contributed by atoms with E-state index in [1.807, 2.05) is 42.6 Å². The molecule has 3 N–H and O–H groups in total. The fraction of sp³-hybridized carbons (Fsp3) is 0.375. The van der Waals surface area contributed by atoms with Crippen LogP contribution < -0.4 is 11.1 Å². The van der Waals surface area contributed by atoms with Crippen LogP contribution in [-0.4, -0.2) is 34.4 Å². The first-order valence-electron chi connectivity index (χ1n) is 7.49. The number of hydrogen-bond acceptors (Lipinski definition) is 4. The van der Waals surface area contributed by atoms with Crippen LogP contribution in [0.5, 0.6) is 0 Å². The van der Waals surface area contributed by atoms with Crippen molar-refractivity contribution >= 4 is 5.91 Å². The third-order valence-electron chi connectivity index (χ3n) is 3.77. The first-order valence-corrected chi connectivity index (χ1v) is 7.49. The van der Waals surface area contributed by atoms with Gasteiger partial charge in [0.25, 0.3) is 0 Å². The van der Waals surface area contributed by atoms with Gasteiger partial charge in [0.05, 0.1) is 24.0 Å². The van der Waals surface area contributed by atoms with Gasteiger partial charge in [-0.3, -0.25) is 4.79 Å². The van der Waals surface area contributed by atoms with E-state index >= 15 is 0 Å². The van der Waals surface area contributed by atoms with Gasteiger partial charge in [-0.1, -0.05) is 18.2 Å². The number of aromatic nitrogens is 2. The van der Waals surface area contributed by atoms with Crippen LogP contribution in [0.4, 0.5) is 0 Å². The molecule has 0 aliphatic carbocycles. The van der Waals surface area contributed by atoms with Gasteiger partial charge in [-0.05, 0) is 31.0 Å². The lowest BCUT2D eigenvalue weighted by Crippen LogP contribution is -2.35. The molecule has 3 rings (SSSR count). The maximum Gasteiger partial charge on any atom is 0.249 e. The van der Waals surface area contributed by atoms with Crippen molar-refractivity contribution in [1.29, 1.82) is 0 Å². The Kier molecular flexibility index (Phi) is 4.50. The fourth-order valence-electron chi connectivity index (χ4n) is 2.54. The molecule has 2 atom stereocenters. The van der Waals surface area contributed by atoms with Crippen molar-refractivity contribution in [1.82, 2.24) is 15.1 Å². The Morgan fingerprint density at radius 2 is 2.14 bits per heavy atom. The second-order valence-corrected chi connectivity index (χ2v) is 5.36. The first kappa shape index (κ1) is 14.7. The Hall–Kier alpha value is -2.18. The summed E-state index contributed by atoms with van der Waals surface area (Å²) < 4.78 is 7.36. The molecule has 1 aromatic heterocycles. The van der Waals surface area contributed by atoms with Crippen molar-refractivity contribution in [2.75, 3.05) is 6.54 Å². The van der Waals surface area contributed by atoms with E-state index in [4.69, 9.17) is 10.5 Å². The summed E-state index contributed by atoms with van der Waals surface area (Å²) in [5.41, 5.74) is 7.35. The number of nitrogens with one attached hydrogen (secondary N) is 1. The first-order chi connectivity index (χ1) is 10.8. The van der Waals surface area contributed by atoms with E-state index in [9.17, 15) is 4.79 Å². The van der Waals surface area contributed by atoms with E-state index in [1.54, 1.807) is 4.68 Å². The van der Waals surface area contributed by atoms with Gasteiger partial charge < -0.3 is 15.8 Å². The Labute approximate surface area is 129 Å². The van der Waals surface area contributed by atoms with Gasteiger partial charge in [-0.2, -0.15) is 5.10 Å². The topological polar surface area (TPSA) is 82.2 Å². The minimum atomic E-state index is -0.384. The molecular weight excluding hydrogens is 280 g/mol. The average Bonchev–Trinajstić information content (AvgIpc) is 3.22. The third kappa shape index (κ3) is 3.35. The van der Waals surface area contributed by atoms with Gasteiger partial charge in [0, 0.05) is 12.7 Å². The number of rotatable bonds is 5. The van der Waals surface area contributed by atoms with Crippen LogP contribution in [0.3, 0.4) is 0 Å². The van der Waals surface area contributed by atoms with Gasteiger partial charge in [-0.25, -0.2) is 4.68 Å². The van der Waals surface area contributed by atoms with Crippen LogP contribution in [0, 0.1) is 0 Å². The molecule has 0 unspecified atom stereocenters. The Balaban J connectivity index is 1.54. The van der Waals surface area contributed by atoms with Crippen LogP contribution in [0.1, 0.15) is 18.5 Å². The standard InChI is InChI=1S/C16H20N4O2/c17-10-14-6-7-15(22-14)16(21)18-11-12-8-9-20(19-12)13-4-2-1-3-5-13/h1-5,8-9,14-15H,6-7,10-11,17H2,(H,18,21)/t14-,15+/m1/s1. The Morgan fingerprint density at radius 1 is 1.32 bits per heavy atom. The highest BCUT2D eigenvalue weighted by Crippen LogP contribution is 2.18. The van der Waals surface area contributed by atoms with Gasteiger partial charge >= 0.3 is 0 Å². The second-order valence-electron chi connectivity index (χ2n) is 5.36.